The van der Waals surface area contributed by atoms with Crippen molar-refractivity contribution in [3.05, 3.63) is 63.8 Å². The Morgan fingerprint density at radius 2 is 1.90 bits per heavy atom. The molecule has 4 aromatic rings. The second-order valence-electron chi connectivity index (χ2n) is 6.13. The molecule has 0 fully saturated rings. The highest BCUT2D eigenvalue weighted by Gasteiger charge is 2.19. The molecule has 9 heteroatoms. The van der Waals surface area contributed by atoms with Crippen LogP contribution in [0.3, 0.4) is 0 Å². The molecule has 0 radical (unpaired) electrons. The number of halogens is 1. The number of thiophene rings is 1. The Kier molecular flexibility index (Phi) is 5.98. The molecule has 0 aliphatic carbocycles. The number of amides is 1. The first-order valence-corrected chi connectivity index (χ1v) is 10.9. The molecule has 6 nitrogen and oxygen atoms in total. The number of methoxy groups -OCH3 is 1. The van der Waals surface area contributed by atoms with E-state index in [0.717, 1.165) is 27.1 Å². The van der Waals surface area contributed by atoms with Gasteiger partial charge in [-0.05, 0) is 30.3 Å². The summed E-state index contributed by atoms with van der Waals surface area (Å²) in [4.78, 5) is 29.2. The minimum Gasteiger partial charge on any atom is -0.497 e. The van der Waals surface area contributed by atoms with Gasteiger partial charge in [0.25, 0.3) is 5.91 Å². The molecule has 0 bridgehead atoms. The molecule has 1 N–H and O–H groups in total. The van der Waals surface area contributed by atoms with Gasteiger partial charge < -0.3 is 9.47 Å². The predicted molar refractivity (Wildman–Crippen MR) is 120 cm³/mol. The van der Waals surface area contributed by atoms with Crippen molar-refractivity contribution >= 4 is 61.4 Å². The number of rotatable bonds is 6. The maximum Gasteiger partial charge on any atom is 0.350 e. The first kappa shape index (κ1) is 20.3. The summed E-state index contributed by atoms with van der Waals surface area (Å²) < 4.78 is 11.2. The lowest BCUT2D eigenvalue weighted by atomic mass is 10.2. The summed E-state index contributed by atoms with van der Waals surface area (Å²) in [6.45, 7) is -0.430. The highest BCUT2D eigenvalue weighted by Crippen LogP contribution is 2.35. The van der Waals surface area contributed by atoms with Gasteiger partial charge in [0.1, 0.15) is 10.6 Å². The number of hydrogen-bond acceptors (Lipinski definition) is 7. The van der Waals surface area contributed by atoms with Crippen LogP contribution in [-0.2, 0) is 9.53 Å². The van der Waals surface area contributed by atoms with E-state index in [0.29, 0.717) is 10.2 Å². The number of thiazole rings is 1. The summed E-state index contributed by atoms with van der Waals surface area (Å²) in [5.74, 6) is -0.353. The fourth-order valence-corrected chi connectivity index (χ4v) is 4.86. The van der Waals surface area contributed by atoms with Crippen LogP contribution in [0.1, 0.15) is 9.67 Å². The lowest BCUT2D eigenvalue weighted by Gasteiger charge is -2.04. The third kappa shape index (κ3) is 4.30. The van der Waals surface area contributed by atoms with E-state index < -0.39 is 18.5 Å². The van der Waals surface area contributed by atoms with E-state index >= 15 is 0 Å². The fourth-order valence-electron chi connectivity index (χ4n) is 2.72. The summed E-state index contributed by atoms with van der Waals surface area (Å²) in [5.41, 5.74) is 1.63. The number of nitrogens with one attached hydrogen (secondary N) is 1. The van der Waals surface area contributed by atoms with Crippen LogP contribution in [0.2, 0.25) is 5.02 Å². The summed E-state index contributed by atoms with van der Waals surface area (Å²) in [6, 6.07) is 14.9. The maximum absolute atomic E-state index is 12.3. The zero-order valence-corrected chi connectivity index (χ0v) is 18.1. The van der Waals surface area contributed by atoms with Crippen molar-refractivity contribution in [3.8, 4) is 17.0 Å². The van der Waals surface area contributed by atoms with E-state index in [-0.39, 0.29) is 4.88 Å². The topological polar surface area (TPSA) is 77.5 Å². The predicted octanol–water partition coefficient (Wildman–Crippen LogP) is 5.48. The monoisotopic (exact) mass is 458 g/mol. The largest absolute Gasteiger partial charge is 0.497 e. The number of aromatic nitrogens is 1. The van der Waals surface area contributed by atoms with E-state index in [9.17, 15) is 9.59 Å². The second-order valence-corrected chi connectivity index (χ2v) is 8.42. The van der Waals surface area contributed by atoms with Crippen molar-refractivity contribution in [2.24, 2.45) is 0 Å². The first-order valence-electron chi connectivity index (χ1n) is 8.79. The highest BCUT2D eigenvalue weighted by molar-refractivity contribution is 7.21. The lowest BCUT2D eigenvalue weighted by molar-refractivity contribution is -0.119. The van der Waals surface area contributed by atoms with Gasteiger partial charge in [-0.15, -0.1) is 22.7 Å². The number of fused-ring (bicyclic) bond motifs is 1. The van der Waals surface area contributed by atoms with Gasteiger partial charge in [-0.1, -0.05) is 29.8 Å². The summed E-state index contributed by atoms with van der Waals surface area (Å²) in [7, 11) is 1.60. The van der Waals surface area contributed by atoms with Gasteiger partial charge in [0.05, 0.1) is 17.8 Å². The SMILES string of the molecule is COc1ccc(-c2csc(NC(=O)COC(=O)c3sc4ccccc4c3Cl)n2)cc1. The molecular weight excluding hydrogens is 444 g/mol. The smallest absolute Gasteiger partial charge is 0.350 e. The van der Waals surface area contributed by atoms with E-state index in [1.54, 1.807) is 7.11 Å². The molecule has 1 amide bonds. The first-order chi connectivity index (χ1) is 14.5. The van der Waals surface area contributed by atoms with Crippen LogP contribution in [0.25, 0.3) is 21.3 Å². The molecule has 0 atom stereocenters. The Morgan fingerprint density at radius 3 is 2.63 bits per heavy atom. The van der Waals surface area contributed by atoms with Crippen LogP contribution in [-0.4, -0.2) is 30.6 Å². The molecule has 0 aliphatic rings. The molecule has 0 spiro atoms. The molecule has 2 aromatic heterocycles. The zero-order valence-electron chi connectivity index (χ0n) is 15.7. The van der Waals surface area contributed by atoms with Crippen LogP contribution < -0.4 is 10.1 Å². The number of ether oxygens (including phenoxy) is 2. The average Bonchev–Trinajstić information content (AvgIpc) is 3.37. The van der Waals surface area contributed by atoms with Crippen molar-refractivity contribution in [2.45, 2.75) is 0 Å². The molecule has 4 rings (SSSR count). The highest BCUT2D eigenvalue weighted by atomic mass is 35.5. The van der Waals surface area contributed by atoms with Crippen LogP contribution >= 0.6 is 34.3 Å². The Balaban J connectivity index is 1.36. The third-order valence-corrected chi connectivity index (χ3v) is 6.60. The number of carbonyl (C=O) groups excluding carboxylic acids is 2. The van der Waals surface area contributed by atoms with Crippen molar-refractivity contribution in [1.29, 1.82) is 0 Å². The number of anilines is 1. The number of nitrogens with zero attached hydrogens (tertiary/aromatic N) is 1. The van der Waals surface area contributed by atoms with Crippen molar-refractivity contribution < 1.29 is 19.1 Å². The van der Waals surface area contributed by atoms with E-state index in [1.165, 1.54) is 22.7 Å². The maximum atomic E-state index is 12.3. The van der Waals surface area contributed by atoms with Crippen LogP contribution in [0.5, 0.6) is 5.75 Å². The van der Waals surface area contributed by atoms with Gasteiger partial charge in [0.15, 0.2) is 11.7 Å². The average molecular weight is 459 g/mol. The lowest BCUT2D eigenvalue weighted by Crippen LogP contribution is -2.20. The Hall–Kier alpha value is -2.94. The van der Waals surface area contributed by atoms with E-state index in [2.05, 4.69) is 10.3 Å². The summed E-state index contributed by atoms with van der Waals surface area (Å²) in [6.07, 6.45) is 0. The summed E-state index contributed by atoms with van der Waals surface area (Å²) >= 11 is 8.79. The Morgan fingerprint density at radius 1 is 1.13 bits per heavy atom. The standard InChI is InChI=1S/C21H15ClN2O4S2/c1-27-13-8-6-12(7-9-13)15-11-29-21(23-15)24-17(25)10-28-20(26)19-18(22)14-4-2-3-5-16(14)30-19/h2-9,11H,10H2,1H3,(H,23,24,25). The fraction of sp³-hybridized carbons (Fsp3) is 0.0952. The van der Waals surface area contributed by atoms with Crippen molar-refractivity contribution in [3.63, 3.8) is 0 Å². The molecule has 2 heterocycles. The molecule has 152 valence electrons. The van der Waals surface area contributed by atoms with E-state index in [1.807, 2.05) is 53.9 Å². The molecule has 0 unspecified atom stereocenters. The minimum absolute atomic E-state index is 0.279. The molecule has 0 aliphatic heterocycles. The van der Waals surface area contributed by atoms with Gasteiger partial charge >= 0.3 is 5.97 Å². The molecular formula is C21H15ClN2O4S2. The van der Waals surface area contributed by atoms with Crippen LogP contribution in [0.15, 0.2) is 53.9 Å². The van der Waals surface area contributed by atoms with E-state index in [4.69, 9.17) is 21.1 Å². The van der Waals surface area contributed by atoms with Gasteiger partial charge in [0, 0.05) is 21.0 Å². The number of esters is 1. The van der Waals surface area contributed by atoms with Crippen molar-refractivity contribution in [1.82, 2.24) is 4.98 Å². The zero-order chi connectivity index (χ0) is 21.1. The third-order valence-electron chi connectivity index (χ3n) is 4.19. The van der Waals surface area contributed by atoms with Crippen molar-refractivity contribution in [2.75, 3.05) is 19.0 Å². The molecule has 2 aromatic carbocycles. The number of benzene rings is 2. The Bertz CT molecular complexity index is 1220. The molecule has 0 saturated heterocycles. The number of carbonyl (C=O) groups is 2. The van der Waals surface area contributed by atoms with Gasteiger partial charge in [-0.3, -0.25) is 10.1 Å². The molecule has 30 heavy (non-hydrogen) atoms. The van der Waals surface area contributed by atoms with Gasteiger partial charge in [0.2, 0.25) is 0 Å². The second kappa shape index (κ2) is 8.83. The van der Waals surface area contributed by atoms with Crippen LogP contribution in [0.4, 0.5) is 5.13 Å². The van der Waals surface area contributed by atoms with Gasteiger partial charge in [-0.25, -0.2) is 9.78 Å². The van der Waals surface area contributed by atoms with Gasteiger partial charge in [-0.2, -0.15) is 0 Å². The van der Waals surface area contributed by atoms with Crippen LogP contribution in [0, 0.1) is 0 Å². The quantitative estimate of drug-likeness (QED) is 0.387. The summed E-state index contributed by atoms with van der Waals surface area (Å²) in [5, 5.41) is 6.02. The number of hydrogen-bond donors (Lipinski definition) is 1. The normalized spacial score (nSPS) is 10.7. The minimum atomic E-state index is -0.630. The Labute approximate surface area is 185 Å². The molecule has 0 saturated carbocycles.